The van der Waals surface area contributed by atoms with Gasteiger partial charge in [-0.1, -0.05) is 17.2 Å². The summed E-state index contributed by atoms with van der Waals surface area (Å²) in [5.41, 5.74) is 8.35. The van der Waals surface area contributed by atoms with Crippen molar-refractivity contribution < 1.29 is 14.2 Å². The summed E-state index contributed by atoms with van der Waals surface area (Å²) in [6.45, 7) is 2.55. The second-order valence-electron chi connectivity index (χ2n) is 6.50. The maximum Gasteiger partial charge on any atom is 0.189 e. The summed E-state index contributed by atoms with van der Waals surface area (Å²) in [4.78, 5) is 8.43. The third kappa shape index (κ3) is 5.23. The van der Waals surface area contributed by atoms with Crippen molar-refractivity contribution >= 4 is 42.6 Å². The molecule has 1 aromatic carbocycles. The molecular formula is C16H19BFN7O2S. The van der Waals surface area contributed by atoms with Crippen LogP contribution >= 0.6 is 11.8 Å². The number of hydrogen-bond acceptors (Lipinski definition) is 7. The predicted molar refractivity (Wildman–Crippen MR) is 105 cm³/mol. The monoisotopic (exact) mass is 403 g/mol. The van der Waals surface area contributed by atoms with E-state index < -0.39 is 5.82 Å². The van der Waals surface area contributed by atoms with Crippen LogP contribution in [0, 0.1) is 5.82 Å². The first-order chi connectivity index (χ1) is 13.4. The van der Waals surface area contributed by atoms with Crippen LogP contribution in [0.1, 0.15) is 25.5 Å². The Hall–Kier alpha value is -2.60. The molecule has 1 aromatic heterocycles. The third-order valence-corrected chi connectivity index (χ3v) is 4.98. The lowest BCUT2D eigenvalue weighted by atomic mass is 9.95. The van der Waals surface area contributed by atoms with Crippen LogP contribution in [0.3, 0.4) is 0 Å². The van der Waals surface area contributed by atoms with Gasteiger partial charge < -0.3 is 11.1 Å². The zero-order valence-electron chi connectivity index (χ0n) is 15.1. The maximum atomic E-state index is 13.3. The number of hydrogen-bond donors (Lipinski definition) is 4. The quantitative estimate of drug-likeness (QED) is 0.132. The van der Waals surface area contributed by atoms with Crippen LogP contribution < -0.4 is 22.0 Å². The zero-order chi connectivity index (χ0) is 20.1. The van der Waals surface area contributed by atoms with Gasteiger partial charge in [0, 0.05) is 11.3 Å². The maximum absolute atomic E-state index is 13.3. The second-order valence-corrected chi connectivity index (χ2v) is 7.58. The fraction of sp³-hybridized carbons (Fsp3) is 0.375. The van der Waals surface area contributed by atoms with Gasteiger partial charge in [0.15, 0.2) is 22.5 Å². The highest BCUT2D eigenvalue weighted by molar-refractivity contribution is 7.99. The lowest BCUT2D eigenvalue weighted by Crippen LogP contribution is -2.40. The number of hydroxylamine groups is 1. The molecule has 1 aliphatic carbocycles. The van der Waals surface area contributed by atoms with Crippen LogP contribution in [0.15, 0.2) is 37.8 Å². The molecule has 0 unspecified atom stereocenters. The number of benzene rings is 1. The summed E-state index contributed by atoms with van der Waals surface area (Å²) >= 11 is 1.31. The molecule has 2 radical (unpaired) electrons. The Labute approximate surface area is 166 Å². The molecule has 5 N–H and O–H groups in total. The van der Waals surface area contributed by atoms with Gasteiger partial charge in [0.2, 0.25) is 0 Å². The van der Waals surface area contributed by atoms with Crippen molar-refractivity contribution in [3.05, 3.63) is 29.7 Å². The second kappa shape index (κ2) is 8.61. The summed E-state index contributed by atoms with van der Waals surface area (Å²) in [7, 11) is 5.53. The molecule has 1 saturated carbocycles. The number of halogens is 1. The Morgan fingerprint density at radius 3 is 2.93 bits per heavy atom. The number of aliphatic imine (C=N–C) groups is 2. The van der Waals surface area contributed by atoms with Crippen molar-refractivity contribution in [3.8, 4) is 0 Å². The summed E-state index contributed by atoms with van der Waals surface area (Å²) in [5, 5.41) is 20.6. The molecule has 28 heavy (non-hydrogen) atoms. The molecule has 146 valence electrons. The van der Waals surface area contributed by atoms with Gasteiger partial charge in [-0.2, -0.15) is 0 Å². The Kier molecular flexibility index (Phi) is 6.20. The predicted octanol–water partition coefficient (Wildman–Crippen LogP) is 0.609. The SMILES string of the molecule is [B]c1cc(N=C(NO)c2nonc2SCCN=C(N)NC2(C)CC2)ccc1F. The number of nitrogens with two attached hydrogens (primary N) is 1. The number of guanidine groups is 1. The van der Waals surface area contributed by atoms with E-state index in [0.29, 0.717) is 29.0 Å². The molecule has 9 nitrogen and oxygen atoms in total. The van der Waals surface area contributed by atoms with E-state index in [-0.39, 0.29) is 22.5 Å². The first kappa shape index (κ1) is 20.1. The molecule has 0 atom stereocenters. The van der Waals surface area contributed by atoms with Gasteiger partial charge in [-0.25, -0.2) is 14.0 Å². The van der Waals surface area contributed by atoms with Gasteiger partial charge in [-0.3, -0.25) is 15.7 Å². The number of nitrogens with one attached hydrogen (secondary N) is 2. The molecule has 0 spiro atoms. The van der Waals surface area contributed by atoms with Gasteiger partial charge in [-0.15, -0.1) is 0 Å². The minimum absolute atomic E-state index is 0.0129. The fourth-order valence-corrected chi connectivity index (χ4v) is 2.98. The summed E-state index contributed by atoms with van der Waals surface area (Å²) in [5.74, 6) is 0.401. The normalized spacial score (nSPS) is 16.1. The first-order valence-electron chi connectivity index (χ1n) is 8.48. The van der Waals surface area contributed by atoms with Crippen molar-refractivity contribution in [2.45, 2.75) is 30.3 Å². The van der Waals surface area contributed by atoms with E-state index in [1.165, 1.54) is 30.0 Å². The van der Waals surface area contributed by atoms with Gasteiger partial charge in [0.1, 0.15) is 13.7 Å². The van der Waals surface area contributed by atoms with Crippen molar-refractivity contribution in [3.63, 3.8) is 0 Å². The van der Waals surface area contributed by atoms with E-state index in [4.69, 9.17) is 18.2 Å². The minimum Gasteiger partial charge on any atom is -0.370 e. The molecule has 0 aliphatic heterocycles. The molecule has 0 bridgehead atoms. The molecule has 1 fully saturated rings. The Balaban J connectivity index is 1.63. The minimum atomic E-state index is -0.554. The molecule has 12 heteroatoms. The molecular weight excluding hydrogens is 384 g/mol. The number of nitrogens with zero attached hydrogens (tertiary/aromatic N) is 4. The topological polar surface area (TPSA) is 134 Å². The summed E-state index contributed by atoms with van der Waals surface area (Å²) < 4.78 is 18.0. The highest BCUT2D eigenvalue weighted by Crippen LogP contribution is 2.33. The molecule has 1 aliphatic rings. The van der Waals surface area contributed by atoms with Gasteiger partial charge in [-0.05, 0) is 48.3 Å². The van der Waals surface area contributed by atoms with Crippen molar-refractivity contribution in [2.24, 2.45) is 15.7 Å². The van der Waals surface area contributed by atoms with Crippen molar-refractivity contribution in [1.82, 2.24) is 21.1 Å². The van der Waals surface area contributed by atoms with E-state index in [1.807, 2.05) is 5.48 Å². The number of amidine groups is 1. The molecule has 0 amide bonds. The van der Waals surface area contributed by atoms with Crippen LogP contribution in [0.2, 0.25) is 0 Å². The third-order valence-electron chi connectivity index (χ3n) is 4.05. The first-order valence-corrected chi connectivity index (χ1v) is 9.46. The number of thioether (sulfide) groups is 1. The molecule has 1 heterocycles. The standard InChI is InChI=1S/C16H19BFN7O2S/c1-16(4-5-16)22-15(19)20-6-7-28-14-12(24-27-25-14)13(23-26)21-9-2-3-11(18)10(17)8-9/h2-3,8,26H,4-7H2,1H3,(H,21,23)(H3,19,20,22). The Bertz CT molecular complexity index is 901. The Morgan fingerprint density at radius 2 is 2.25 bits per heavy atom. The van der Waals surface area contributed by atoms with Crippen LogP contribution in [-0.4, -0.2) is 53.0 Å². The summed E-state index contributed by atoms with van der Waals surface area (Å²) in [6, 6.07) is 3.92. The van der Waals surface area contributed by atoms with E-state index in [9.17, 15) is 9.60 Å². The van der Waals surface area contributed by atoms with Crippen LogP contribution in [-0.2, 0) is 0 Å². The van der Waals surface area contributed by atoms with Gasteiger partial charge in [0.25, 0.3) is 0 Å². The average molecular weight is 403 g/mol. The molecule has 3 rings (SSSR count). The highest BCUT2D eigenvalue weighted by Gasteiger charge is 2.37. The molecule has 0 saturated heterocycles. The lowest BCUT2D eigenvalue weighted by molar-refractivity contribution is 0.234. The van der Waals surface area contributed by atoms with Crippen molar-refractivity contribution in [2.75, 3.05) is 12.3 Å². The zero-order valence-corrected chi connectivity index (χ0v) is 16.0. The number of rotatable bonds is 7. The largest absolute Gasteiger partial charge is 0.370 e. The van der Waals surface area contributed by atoms with Crippen LogP contribution in [0.5, 0.6) is 0 Å². The van der Waals surface area contributed by atoms with E-state index >= 15 is 0 Å². The average Bonchev–Trinajstić information content (AvgIpc) is 3.20. The smallest absolute Gasteiger partial charge is 0.189 e. The summed E-state index contributed by atoms with van der Waals surface area (Å²) in [6.07, 6.45) is 2.17. The van der Waals surface area contributed by atoms with E-state index in [2.05, 4.69) is 32.5 Å². The van der Waals surface area contributed by atoms with Crippen LogP contribution in [0.25, 0.3) is 0 Å². The van der Waals surface area contributed by atoms with Crippen LogP contribution in [0.4, 0.5) is 10.1 Å². The van der Waals surface area contributed by atoms with Crippen molar-refractivity contribution in [1.29, 1.82) is 0 Å². The number of aromatic nitrogens is 2. The van der Waals surface area contributed by atoms with Gasteiger partial charge >= 0.3 is 0 Å². The highest BCUT2D eigenvalue weighted by atomic mass is 32.2. The van der Waals surface area contributed by atoms with Gasteiger partial charge in [0.05, 0.1) is 12.2 Å². The fourth-order valence-electron chi connectivity index (χ4n) is 2.25. The lowest BCUT2D eigenvalue weighted by Gasteiger charge is -2.11. The van der Waals surface area contributed by atoms with E-state index in [1.54, 1.807) is 0 Å². The molecule has 2 aromatic rings. The van der Waals surface area contributed by atoms with E-state index in [0.717, 1.165) is 12.8 Å². The Morgan fingerprint density at radius 1 is 1.46 bits per heavy atom.